The van der Waals surface area contributed by atoms with E-state index >= 15 is 0 Å². The van der Waals surface area contributed by atoms with Crippen molar-refractivity contribution in [1.82, 2.24) is 10.2 Å². The van der Waals surface area contributed by atoms with Crippen LogP contribution in [0.5, 0.6) is 0 Å². The zero-order valence-electron chi connectivity index (χ0n) is 8.04. The van der Waals surface area contributed by atoms with Gasteiger partial charge in [0.25, 0.3) is 0 Å². The SMILES string of the molecule is CC1(C)CN(C(=O)OCO)CCN1. The van der Waals surface area contributed by atoms with Gasteiger partial charge in [0, 0.05) is 25.2 Å². The van der Waals surface area contributed by atoms with Gasteiger partial charge in [0.15, 0.2) is 6.79 Å². The van der Waals surface area contributed by atoms with Crippen molar-refractivity contribution in [3.05, 3.63) is 0 Å². The highest BCUT2D eigenvalue weighted by molar-refractivity contribution is 5.67. The maximum absolute atomic E-state index is 11.2. The average molecular weight is 188 g/mol. The average Bonchev–Trinajstić information content (AvgIpc) is 2.03. The number of hydrogen-bond donors (Lipinski definition) is 2. The zero-order chi connectivity index (χ0) is 9.90. The molecule has 0 radical (unpaired) electrons. The molecule has 0 bridgehead atoms. The zero-order valence-corrected chi connectivity index (χ0v) is 8.04. The van der Waals surface area contributed by atoms with E-state index in [0.29, 0.717) is 13.1 Å². The Morgan fingerprint density at radius 1 is 1.69 bits per heavy atom. The molecule has 0 saturated carbocycles. The van der Waals surface area contributed by atoms with Crippen molar-refractivity contribution in [3.8, 4) is 0 Å². The summed E-state index contributed by atoms with van der Waals surface area (Å²) in [6.45, 7) is 5.47. The molecule has 0 aromatic carbocycles. The highest BCUT2D eigenvalue weighted by atomic mass is 16.6. The van der Waals surface area contributed by atoms with Crippen molar-refractivity contribution in [2.45, 2.75) is 19.4 Å². The van der Waals surface area contributed by atoms with Gasteiger partial charge in [0.05, 0.1) is 0 Å². The number of rotatable bonds is 1. The Labute approximate surface area is 77.7 Å². The van der Waals surface area contributed by atoms with Gasteiger partial charge in [-0.05, 0) is 13.8 Å². The van der Waals surface area contributed by atoms with Crippen LogP contribution in [0.2, 0.25) is 0 Å². The van der Waals surface area contributed by atoms with Crippen molar-refractivity contribution in [2.24, 2.45) is 0 Å². The molecule has 1 aliphatic heterocycles. The van der Waals surface area contributed by atoms with Gasteiger partial charge in [0.1, 0.15) is 0 Å². The topological polar surface area (TPSA) is 61.8 Å². The fourth-order valence-corrected chi connectivity index (χ4v) is 1.44. The van der Waals surface area contributed by atoms with Crippen molar-refractivity contribution in [2.75, 3.05) is 26.4 Å². The van der Waals surface area contributed by atoms with Crippen LogP contribution in [0.1, 0.15) is 13.8 Å². The third-order valence-corrected chi connectivity index (χ3v) is 2.02. The molecule has 0 aliphatic carbocycles. The van der Waals surface area contributed by atoms with Crippen LogP contribution in [-0.2, 0) is 4.74 Å². The molecule has 76 valence electrons. The van der Waals surface area contributed by atoms with Gasteiger partial charge in [-0.25, -0.2) is 4.79 Å². The molecule has 1 amide bonds. The fourth-order valence-electron chi connectivity index (χ4n) is 1.44. The number of piperazine rings is 1. The predicted octanol–water partition coefficient (Wildman–Crippen LogP) is -0.243. The second-order valence-corrected chi connectivity index (χ2v) is 3.77. The van der Waals surface area contributed by atoms with Gasteiger partial charge in [-0.15, -0.1) is 0 Å². The number of hydrogen-bond acceptors (Lipinski definition) is 4. The highest BCUT2D eigenvalue weighted by Crippen LogP contribution is 2.10. The summed E-state index contributed by atoms with van der Waals surface area (Å²) in [6, 6.07) is 0. The van der Waals surface area contributed by atoms with Crippen LogP contribution >= 0.6 is 0 Å². The lowest BCUT2D eigenvalue weighted by molar-refractivity contribution is 0.0137. The lowest BCUT2D eigenvalue weighted by Crippen LogP contribution is -2.58. The van der Waals surface area contributed by atoms with Crippen LogP contribution < -0.4 is 5.32 Å². The Morgan fingerprint density at radius 3 is 2.92 bits per heavy atom. The maximum Gasteiger partial charge on any atom is 0.411 e. The number of aliphatic hydroxyl groups excluding tert-OH is 1. The molecule has 0 spiro atoms. The van der Waals surface area contributed by atoms with Crippen molar-refractivity contribution >= 4 is 6.09 Å². The lowest BCUT2D eigenvalue weighted by atomic mass is 10.0. The van der Waals surface area contributed by atoms with E-state index in [1.54, 1.807) is 4.90 Å². The summed E-state index contributed by atoms with van der Waals surface area (Å²) in [5.41, 5.74) is -0.0767. The van der Waals surface area contributed by atoms with E-state index in [-0.39, 0.29) is 5.54 Å². The fraction of sp³-hybridized carbons (Fsp3) is 0.875. The van der Waals surface area contributed by atoms with Crippen molar-refractivity contribution in [3.63, 3.8) is 0 Å². The Bertz CT molecular complexity index is 194. The first-order valence-electron chi connectivity index (χ1n) is 4.33. The van der Waals surface area contributed by atoms with Gasteiger partial charge < -0.3 is 20.1 Å². The molecule has 0 aromatic rings. The van der Waals surface area contributed by atoms with E-state index in [2.05, 4.69) is 10.1 Å². The third-order valence-electron chi connectivity index (χ3n) is 2.02. The standard InChI is InChI=1S/C8H16N2O3/c1-8(2)5-10(4-3-9-8)7(12)13-6-11/h9,11H,3-6H2,1-2H3. The highest BCUT2D eigenvalue weighted by Gasteiger charge is 2.29. The molecule has 1 rings (SSSR count). The molecule has 0 unspecified atom stereocenters. The summed E-state index contributed by atoms with van der Waals surface area (Å²) in [5.74, 6) is 0. The number of nitrogens with one attached hydrogen (secondary N) is 1. The first kappa shape index (κ1) is 10.3. The summed E-state index contributed by atoms with van der Waals surface area (Å²) in [4.78, 5) is 12.8. The van der Waals surface area contributed by atoms with Crippen LogP contribution in [-0.4, -0.2) is 48.1 Å². The number of carbonyl (C=O) groups is 1. The van der Waals surface area contributed by atoms with Crippen LogP contribution in [0.4, 0.5) is 4.79 Å². The Kier molecular flexibility index (Phi) is 3.11. The first-order chi connectivity index (χ1) is 6.05. The molecule has 2 N–H and O–H groups in total. The van der Waals surface area contributed by atoms with Gasteiger partial charge in [-0.2, -0.15) is 0 Å². The molecule has 5 nitrogen and oxygen atoms in total. The summed E-state index contributed by atoms with van der Waals surface area (Å²) >= 11 is 0. The predicted molar refractivity (Wildman–Crippen MR) is 47.2 cm³/mol. The molecular weight excluding hydrogens is 172 g/mol. The second-order valence-electron chi connectivity index (χ2n) is 3.77. The largest absolute Gasteiger partial charge is 0.422 e. The molecule has 5 heteroatoms. The summed E-state index contributed by atoms with van der Waals surface area (Å²) in [6.07, 6.45) is -0.447. The summed E-state index contributed by atoms with van der Waals surface area (Å²) in [7, 11) is 0. The van der Waals surface area contributed by atoms with Gasteiger partial charge in [-0.3, -0.25) is 0 Å². The molecule has 0 aromatic heterocycles. The molecule has 13 heavy (non-hydrogen) atoms. The lowest BCUT2D eigenvalue weighted by Gasteiger charge is -2.38. The molecule has 1 fully saturated rings. The smallest absolute Gasteiger partial charge is 0.411 e. The van der Waals surface area contributed by atoms with E-state index in [0.717, 1.165) is 6.54 Å². The van der Waals surface area contributed by atoms with Crippen LogP contribution in [0.25, 0.3) is 0 Å². The minimum atomic E-state index is -0.552. The quantitative estimate of drug-likeness (QED) is 0.557. The van der Waals surface area contributed by atoms with E-state index in [1.807, 2.05) is 13.8 Å². The number of carbonyl (C=O) groups excluding carboxylic acids is 1. The van der Waals surface area contributed by atoms with E-state index in [1.165, 1.54) is 0 Å². The molecule has 1 saturated heterocycles. The van der Waals surface area contributed by atoms with Gasteiger partial charge in [-0.1, -0.05) is 0 Å². The number of amides is 1. The Morgan fingerprint density at radius 2 is 2.38 bits per heavy atom. The maximum atomic E-state index is 11.2. The minimum absolute atomic E-state index is 0.0767. The minimum Gasteiger partial charge on any atom is -0.422 e. The van der Waals surface area contributed by atoms with Crippen LogP contribution in [0.3, 0.4) is 0 Å². The Balaban J connectivity index is 2.47. The number of nitrogens with zero attached hydrogens (tertiary/aromatic N) is 1. The molecule has 1 aliphatic rings. The van der Waals surface area contributed by atoms with Crippen LogP contribution in [0.15, 0.2) is 0 Å². The molecule has 0 atom stereocenters. The van der Waals surface area contributed by atoms with E-state index in [9.17, 15) is 4.79 Å². The van der Waals surface area contributed by atoms with E-state index < -0.39 is 12.9 Å². The van der Waals surface area contributed by atoms with Crippen molar-refractivity contribution < 1.29 is 14.6 Å². The summed E-state index contributed by atoms with van der Waals surface area (Å²) in [5, 5.41) is 11.7. The molecular formula is C8H16N2O3. The van der Waals surface area contributed by atoms with Crippen LogP contribution in [0, 0.1) is 0 Å². The molecule has 1 heterocycles. The first-order valence-corrected chi connectivity index (χ1v) is 4.33. The number of aliphatic hydroxyl groups is 1. The second kappa shape index (κ2) is 3.93. The normalized spacial score (nSPS) is 21.3. The number of ether oxygens (including phenoxy) is 1. The monoisotopic (exact) mass is 188 g/mol. The van der Waals surface area contributed by atoms with Gasteiger partial charge in [0.2, 0.25) is 0 Å². The van der Waals surface area contributed by atoms with Crippen molar-refractivity contribution in [1.29, 1.82) is 0 Å². The van der Waals surface area contributed by atoms with Gasteiger partial charge >= 0.3 is 6.09 Å². The third kappa shape index (κ3) is 2.86. The Hall–Kier alpha value is -0.810. The summed E-state index contributed by atoms with van der Waals surface area (Å²) < 4.78 is 4.49. The van der Waals surface area contributed by atoms with E-state index in [4.69, 9.17) is 5.11 Å².